The monoisotopic (exact) mass is 271 g/mol. The molecule has 1 N–H and O–H groups in total. The molecule has 0 heterocycles. The summed E-state index contributed by atoms with van der Waals surface area (Å²) in [4.78, 5) is 0. The van der Waals surface area contributed by atoms with E-state index in [9.17, 15) is 4.39 Å². The molecule has 0 aliphatic rings. The second kappa shape index (κ2) is 6.67. The van der Waals surface area contributed by atoms with Crippen LogP contribution in [-0.2, 0) is 19.4 Å². The van der Waals surface area contributed by atoms with E-state index >= 15 is 0 Å². The maximum atomic E-state index is 13.4. The van der Waals surface area contributed by atoms with Gasteiger partial charge < -0.3 is 5.32 Å². The van der Waals surface area contributed by atoms with Crippen LogP contribution in [0.2, 0.25) is 0 Å². The molecule has 0 spiro atoms. The third kappa shape index (κ3) is 3.07. The van der Waals surface area contributed by atoms with Crippen LogP contribution in [-0.4, -0.2) is 7.05 Å². The van der Waals surface area contributed by atoms with Crippen molar-refractivity contribution in [1.82, 2.24) is 5.32 Å². The fourth-order valence-corrected chi connectivity index (χ4v) is 2.65. The van der Waals surface area contributed by atoms with Gasteiger partial charge in [-0.3, -0.25) is 0 Å². The van der Waals surface area contributed by atoms with E-state index in [4.69, 9.17) is 0 Å². The molecule has 0 atom stereocenters. The second-order valence-corrected chi connectivity index (χ2v) is 5.02. The van der Waals surface area contributed by atoms with Crippen molar-refractivity contribution in [2.24, 2.45) is 0 Å². The predicted octanol–water partition coefficient (Wildman–Crippen LogP) is 4.34. The number of benzene rings is 2. The van der Waals surface area contributed by atoms with Gasteiger partial charge in [0.05, 0.1) is 0 Å². The van der Waals surface area contributed by atoms with Gasteiger partial charge >= 0.3 is 0 Å². The Morgan fingerprint density at radius 1 is 0.900 bits per heavy atom. The average Bonchev–Trinajstić information content (AvgIpc) is 2.47. The highest BCUT2D eigenvalue weighted by Gasteiger charge is 2.08. The normalized spacial score (nSPS) is 10.8. The fourth-order valence-electron chi connectivity index (χ4n) is 2.65. The lowest BCUT2D eigenvalue weighted by Crippen LogP contribution is -2.07. The quantitative estimate of drug-likeness (QED) is 0.853. The van der Waals surface area contributed by atoms with Gasteiger partial charge in [-0.05, 0) is 59.8 Å². The van der Waals surface area contributed by atoms with Crippen molar-refractivity contribution in [1.29, 1.82) is 0 Å². The molecule has 1 nitrogen and oxygen atoms in total. The molecule has 2 rings (SSSR count). The highest BCUT2D eigenvalue weighted by atomic mass is 19.1. The number of aryl methyl sites for hydroxylation is 2. The molecule has 0 unspecified atom stereocenters. The standard InChI is InChI=1S/C18H22FN/c1-4-13-6-7-15(10-14(13)5-2)18-9-8-17(19)11-16(18)12-20-3/h6-11,20H,4-5,12H2,1-3H3. The Morgan fingerprint density at radius 3 is 2.30 bits per heavy atom. The van der Waals surface area contributed by atoms with Crippen molar-refractivity contribution in [2.75, 3.05) is 7.05 Å². The summed E-state index contributed by atoms with van der Waals surface area (Å²) in [7, 11) is 1.88. The lowest BCUT2D eigenvalue weighted by molar-refractivity contribution is 0.624. The third-order valence-electron chi connectivity index (χ3n) is 3.71. The molecule has 0 aliphatic carbocycles. The molecule has 0 radical (unpaired) electrons. The van der Waals surface area contributed by atoms with Crippen LogP contribution in [0.5, 0.6) is 0 Å². The zero-order valence-electron chi connectivity index (χ0n) is 12.5. The first-order valence-corrected chi connectivity index (χ1v) is 7.24. The number of nitrogens with one attached hydrogen (secondary N) is 1. The average molecular weight is 271 g/mol. The molecule has 0 bridgehead atoms. The summed E-state index contributed by atoms with van der Waals surface area (Å²) >= 11 is 0. The minimum Gasteiger partial charge on any atom is -0.316 e. The molecular weight excluding hydrogens is 249 g/mol. The van der Waals surface area contributed by atoms with E-state index in [1.165, 1.54) is 22.8 Å². The minimum absolute atomic E-state index is 0.181. The molecule has 2 heteroatoms. The Kier molecular flexibility index (Phi) is 4.91. The minimum atomic E-state index is -0.181. The molecular formula is C18H22FN. The van der Waals surface area contributed by atoms with E-state index < -0.39 is 0 Å². The molecule has 0 aliphatic heterocycles. The van der Waals surface area contributed by atoms with Gasteiger partial charge in [0.1, 0.15) is 5.82 Å². The molecule has 0 aromatic heterocycles. The predicted molar refractivity (Wildman–Crippen MR) is 83.4 cm³/mol. The van der Waals surface area contributed by atoms with Crippen LogP contribution in [0, 0.1) is 5.82 Å². The van der Waals surface area contributed by atoms with E-state index in [-0.39, 0.29) is 5.82 Å². The third-order valence-corrected chi connectivity index (χ3v) is 3.71. The number of hydrogen-bond donors (Lipinski definition) is 1. The Balaban J connectivity index is 2.50. The molecule has 0 saturated heterocycles. The summed E-state index contributed by atoms with van der Waals surface area (Å²) in [5, 5.41) is 3.11. The van der Waals surface area contributed by atoms with Crippen LogP contribution in [0.1, 0.15) is 30.5 Å². The second-order valence-electron chi connectivity index (χ2n) is 5.02. The number of halogens is 1. The first kappa shape index (κ1) is 14.7. The van der Waals surface area contributed by atoms with Crippen LogP contribution in [0.25, 0.3) is 11.1 Å². The Bertz CT molecular complexity index is 590. The van der Waals surface area contributed by atoms with Crippen LogP contribution in [0.4, 0.5) is 4.39 Å². The molecule has 20 heavy (non-hydrogen) atoms. The maximum Gasteiger partial charge on any atom is 0.123 e. The van der Waals surface area contributed by atoms with Gasteiger partial charge in [-0.1, -0.05) is 38.1 Å². The van der Waals surface area contributed by atoms with Crippen LogP contribution in [0.3, 0.4) is 0 Å². The first-order chi connectivity index (χ1) is 9.69. The lowest BCUT2D eigenvalue weighted by Gasteiger charge is -2.13. The van der Waals surface area contributed by atoms with Crippen molar-refractivity contribution in [3.63, 3.8) is 0 Å². The Morgan fingerprint density at radius 2 is 1.65 bits per heavy atom. The summed E-state index contributed by atoms with van der Waals surface area (Å²) in [6, 6.07) is 11.6. The molecule has 106 valence electrons. The zero-order valence-corrected chi connectivity index (χ0v) is 12.5. The Hall–Kier alpha value is -1.67. The maximum absolute atomic E-state index is 13.4. The summed E-state index contributed by atoms with van der Waals surface area (Å²) in [5.74, 6) is -0.181. The van der Waals surface area contributed by atoms with E-state index in [1.807, 2.05) is 13.1 Å². The van der Waals surface area contributed by atoms with Gasteiger partial charge in [0.15, 0.2) is 0 Å². The van der Waals surface area contributed by atoms with Crippen molar-refractivity contribution in [3.05, 3.63) is 58.9 Å². The van der Waals surface area contributed by atoms with Gasteiger partial charge in [-0.2, -0.15) is 0 Å². The van der Waals surface area contributed by atoms with Crippen LogP contribution in [0.15, 0.2) is 36.4 Å². The SMILES string of the molecule is CCc1ccc(-c2ccc(F)cc2CNC)cc1CC. The van der Waals surface area contributed by atoms with Crippen molar-refractivity contribution < 1.29 is 4.39 Å². The van der Waals surface area contributed by atoms with Gasteiger partial charge in [0, 0.05) is 6.54 Å². The van der Waals surface area contributed by atoms with E-state index in [2.05, 4.69) is 37.4 Å². The van der Waals surface area contributed by atoms with E-state index in [1.54, 1.807) is 6.07 Å². The zero-order chi connectivity index (χ0) is 14.5. The molecule has 0 saturated carbocycles. The largest absolute Gasteiger partial charge is 0.316 e. The van der Waals surface area contributed by atoms with Gasteiger partial charge in [0.2, 0.25) is 0 Å². The van der Waals surface area contributed by atoms with E-state index in [0.717, 1.165) is 24.0 Å². The van der Waals surface area contributed by atoms with Gasteiger partial charge in [0.25, 0.3) is 0 Å². The molecule has 0 fully saturated rings. The van der Waals surface area contributed by atoms with Crippen LogP contribution >= 0.6 is 0 Å². The van der Waals surface area contributed by atoms with Gasteiger partial charge in [-0.15, -0.1) is 0 Å². The lowest BCUT2D eigenvalue weighted by atomic mass is 9.94. The van der Waals surface area contributed by atoms with Crippen molar-refractivity contribution >= 4 is 0 Å². The summed E-state index contributed by atoms with van der Waals surface area (Å²) in [6.45, 7) is 5.03. The Labute approximate surface area is 120 Å². The summed E-state index contributed by atoms with van der Waals surface area (Å²) in [6.07, 6.45) is 2.08. The highest BCUT2D eigenvalue weighted by molar-refractivity contribution is 5.68. The summed E-state index contributed by atoms with van der Waals surface area (Å²) in [5.41, 5.74) is 6.06. The topological polar surface area (TPSA) is 12.0 Å². The first-order valence-electron chi connectivity index (χ1n) is 7.24. The smallest absolute Gasteiger partial charge is 0.123 e. The number of rotatable bonds is 5. The summed E-state index contributed by atoms with van der Waals surface area (Å²) < 4.78 is 13.4. The molecule has 2 aromatic carbocycles. The highest BCUT2D eigenvalue weighted by Crippen LogP contribution is 2.27. The van der Waals surface area contributed by atoms with Crippen molar-refractivity contribution in [2.45, 2.75) is 33.2 Å². The molecule has 2 aromatic rings. The van der Waals surface area contributed by atoms with E-state index in [0.29, 0.717) is 6.54 Å². The van der Waals surface area contributed by atoms with Gasteiger partial charge in [-0.25, -0.2) is 4.39 Å². The molecule has 0 amide bonds. The van der Waals surface area contributed by atoms with Crippen molar-refractivity contribution in [3.8, 4) is 11.1 Å². The fraction of sp³-hybridized carbons (Fsp3) is 0.333. The number of hydrogen-bond acceptors (Lipinski definition) is 1. The van der Waals surface area contributed by atoms with Crippen LogP contribution < -0.4 is 5.32 Å².